The number of nitrogens with one attached hydrogen (secondary N) is 1. The SMILES string of the molecule is CCC[C@H](C#N)NC(=O)c1cc(N2CCCC2=O)ccc1F. The minimum Gasteiger partial charge on any atom is -0.336 e. The molecule has 1 heterocycles. The van der Waals surface area contributed by atoms with E-state index in [0.717, 1.165) is 12.8 Å². The summed E-state index contributed by atoms with van der Waals surface area (Å²) >= 11 is 0. The lowest BCUT2D eigenvalue weighted by Crippen LogP contribution is -2.34. The molecule has 1 aromatic rings. The minimum atomic E-state index is -0.666. The van der Waals surface area contributed by atoms with Crippen molar-refractivity contribution in [3.8, 4) is 6.07 Å². The van der Waals surface area contributed by atoms with Crippen molar-refractivity contribution in [2.24, 2.45) is 0 Å². The Balaban J connectivity index is 2.21. The van der Waals surface area contributed by atoms with Crippen molar-refractivity contribution >= 4 is 17.5 Å². The van der Waals surface area contributed by atoms with Crippen LogP contribution in [0.25, 0.3) is 0 Å². The zero-order chi connectivity index (χ0) is 16.1. The van der Waals surface area contributed by atoms with Crippen LogP contribution in [-0.2, 0) is 4.79 Å². The Bertz CT molecular complexity index is 624. The van der Waals surface area contributed by atoms with Crippen LogP contribution in [0.1, 0.15) is 43.0 Å². The van der Waals surface area contributed by atoms with Crippen LogP contribution in [0.15, 0.2) is 18.2 Å². The van der Waals surface area contributed by atoms with Gasteiger partial charge in [-0.15, -0.1) is 0 Å². The van der Waals surface area contributed by atoms with E-state index in [-0.39, 0.29) is 11.5 Å². The van der Waals surface area contributed by atoms with Crippen molar-refractivity contribution in [1.29, 1.82) is 5.26 Å². The van der Waals surface area contributed by atoms with Gasteiger partial charge in [-0.05, 0) is 31.0 Å². The average molecular weight is 303 g/mol. The van der Waals surface area contributed by atoms with E-state index in [4.69, 9.17) is 5.26 Å². The van der Waals surface area contributed by atoms with Crippen LogP contribution in [-0.4, -0.2) is 24.4 Å². The molecule has 1 aromatic carbocycles. The number of benzene rings is 1. The van der Waals surface area contributed by atoms with E-state index in [1.807, 2.05) is 13.0 Å². The van der Waals surface area contributed by atoms with Crippen LogP contribution in [0.4, 0.5) is 10.1 Å². The van der Waals surface area contributed by atoms with Crippen LogP contribution >= 0.6 is 0 Å². The molecule has 116 valence electrons. The Morgan fingerprint density at radius 2 is 2.32 bits per heavy atom. The average Bonchev–Trinajstić information content (AvgIpc) is 2.93. The van der Waals surface area contributed by atoms with Gasteiger partial charge in [-0.25, -0.2) is 4.39 Å². The highest BCUT2D eigenvalue weighted by Crippen LogP contribution is 2.24. The summed E-state index contributed by atoms with van der Waals surface area (Å²) in [6.45, 7) is 2.47. The highest BCUT2D eigenvalue weighted by molar-refractivity contribution is 5.99. The maximum Gasteiger partial charge on any atom is 0.255 e. The van der Waals surface area contributed by atoms with Gasteiger partial charge < -0.3 is 10.2 Å². The highest BCUT2D eigenvalue weighted by Gasteiger charge is 2.24. The molecular weight excluding hydrogens is 285 g/mol. The molecule has 1 fully saturated rings. The molecule has 2 rings (SSSR count). The second-order valence-electron chi connectivity index (χ2n) is 5.26. The number of anilines is 1. The zero-order valence-electron chi connectivity index (χ0n) is 12.4. The fourth-order valence-corrected chi connectivity index (χ4v) is 2.47. The summed E-state index contributed by atoms with van der Waals surface area (Å²) in [4.78, 5) is 25.4. The smallest absolute Gasteiger partial charge is 0.255 e. The first kappa shape index (κ1) is 16.0. The molecule has 0 aromatic heterocycles. The van der Waals surface area contributed by atoms with Crippen LogP contribution < -0.4 is 10.2 Å². The predicted molar refractivity (Wildman–Crippen MR) is 79.8 cm³/mol. The van der Waals surface area contributed by atoms with Crippen LogP contribution in [0.2, 0.25) is 0 Å². The van der Waals surface area contributed by atoms with E-state index in [2.05, 4.69) is 5.32 Å². The zero-order valence-corrected chi connectivity index (χ0v) is 12.4. The molecule has 0 saturated carbocycles. The first-order valence-electron chi connectivity index (χ1n) is 7.37. The monoisotopic (exact) mass is 303 g/mol. The van der Waals surface area contributed by atoms with Crippen molar-refractivity contribution in [3.63, 3.8) is 0 Å². The number of hydrogen-bond acceptors (Lipinski definition) is 3. The molecule has 6 heteroatoms. The van der Waals surface area contributed by atoms with E-state index >= 15 is 0 Å². The lowest BCUT2D eigenvalue weighted by Gasteiger charge is -2.17. The summed E-state index contributed by atoms with van der Waals surface area (Å²) in [6, 6.07) is 5.37. The Hall–Kier alpha value is -2.42. The molecule has 22 heavy (non-hydrogen) atoms. The van der Waals surface area contributed by atoms with Gasteiger partial charge in [-0.2, -0.15) is 5.26 Å². The lowest BCUT2D eigenvalue weighted by atomic mass is 10.1. The molecule has 0 unspecified atom stereocenters. The Morgan fingerprint density at radius 3 is 2.91 bits per heavy atom. The minimum absolute atomic E-state index is 0.0288. The van der Waals surface area contributed by atoms with Crippen LogP contribution in [0.3, 0.4) is 0 Å². The van der Waals surface area contributed by atoms with E-state index in [1.54, 1.807) is 4.90 Å². The number of hydrogen-bond donors (Lipinski definition) is 1. The van der Waals surface area contributed by atoms with Gasteiger partial charge in [0.1, 0.15) is 11.9 Å². The van der Waals surface area contributed by atoms with Crippen molar-refractivity contribution in [3.05, 3.63) is 29.6 Å². The third-order valence-electron chi connectivity index (χ3n) is 3.62. The summed E-state index contributed by atoms with van der Waals surface area (Å²) < 4.78 is 13.9. The number of carbonyl (C=O) groups is 2. The second kappa shape index (κ2) is 7.03. The molecule has 1 aliphatic heterocycles. The third-order valence-corrected chi connectivity index (χ3v) is 3.62. The fourth-order valence-electron chi connectivity index (χ4n) is 2.47. The van der Waals surface area contributed by atoms with Gasteiger partial charge >= 0.3 is 0 Å². The molecule has 0 radical (unpaired) electrons. The number of rotatable bonds is 5. The van der Waals surface area contributed by atoms with Crippen molar-refractivity contribution in [2.45, 2.75) is 38.6 Å². The number of amides is 2. The lowest BCUT2D eigenvalue weighted by molar-refractivity contribution is -0.117. The largest absolute Gasteiger partial charge is 0.336 e. The molecule has 1 saturated heterocycles. The first-order valence-corrected chi connectivity index (χ1v) is 7.37. The van der Waals surface area contributed by atoms with Gasteiger partial charge in [-0.3, -0.25) is 9.59 Å². The van der Waals surface area contributed by atoms with Gasteiger partial charge in [-0.1, -0.05) is 13.3 Å². The standard InChI is InChI=1S/C16H18FN3O2/c1-2-4-11(10-18)19-16(22)13-9-12(6-7-14(13)17)20-8-3-5-15(20)21/h6-7,9,11H,2-5,8H2,1H3,(H,19,22)/t11-/m1/s1. The molecule has 0 spiro atoms. The van der Waals surface area contributed by atoms with E-state index in [0.29, 0.717) is 25.1 Å². The van der Waals surface area contributed by atoms with Gasteiger partial charge in [0.25, 0.3) is 5.91 Å². The molecule has 5 nitrogen and oxygen atoms in total. The van der Waals surface area contributed by atoms with Gasteiger partial charge in [0.2, 0.25) is 5.91 Å². The van der Waals surface area contributed by atoms with Crippen LogP contribution in [0.5, 0.6) is 0 Å². The maximum atomic E-state index is 13.9. The van der Waals surface area contributed by atoms with E-state index in [9.17, 15) is 14.0 Å². The number of nitriles is 1. The molecule has 1 N–H and O–H groups in total. The van der Waals surface area contributed by atoms with Crippen molar-refractivity contribution in [1.82, 2.24) is 5.32 Å². The molecule has 1 atom stereocenters. The topological polar surface area (TPSA) is 73.2 Å². The Morgan fingerprint density at radius 1 is 1.55 bits per heavy atom. The normalized spacial score (nSPS) is 15.5. The predicted octanol–water partition coefficient (Wildman–Crippen LogP) is 2.37. The number of nitrogens with zero attached hydrogens (tertiary/aromatic N) is 2. The summed E-state index contributed by atoms with van der Waals surface area (Å²) in [5.41, 5.74) is 0.367. The third kappa shape index (κ3) is 3.42. The number of halogens is 1. The van der Waals surface area contributed by atoms with Crippen LogP contribution in [0, 0.1) is 17.1 Å². The summed E-state index contributed by atoms with van der Waals surface area (Å²) in [7, 11) is 0. The Labute approximate surface area is 128 Å². The highest BCUT2D eigenvalue weighted by atomic mass is 19.1. The van der Waals surface area contributed by atoms with Crippen molar-refractivity contribution < 1.29 is 14.0 Å². The quantitative estimate of drug-likeness (QED) is 0.907. The number of carbonyl (C=O) groups excluding carboxylic acids is 2. The molecular formula is C16H18FN3O2. The van der Waals surface area contributed by atoms with Gasteiger partial charge in [0.15, 0.2) is 0 Å². The van der Waals surface area contributed by atoms with E-state index < -0.39 is 17.8 Å². The molecule has 1 aliphatic rings. The Kier molecular flexibility index (Phi) is 5.10. The first-order chi connectivity index (χ1) is 10.6. The fraction of sp³-hybridized carbons (Fsp3) is 0.438. The van der Waals surface area contributed by atoms with Gasteiger partial charge in [0.05, 0.1) is 11.6 Å². The molecule has 0 bridgehead atoms. The van der Waals surface area contributed by atoms with Gasteiger partial charge in [0, 0.05) is 18.7 Å². The summed E-state index contributed by atoms with van der Waals surface area (Å²) in [5.74, 6) is -1.33. The molecule has 0 aliphatic carbocycles. The molecule has 2 amide bonds. The summed E-state index contributed by atoms with van der Waals surface area (Å²) in [5, 5.41) is 11.5. The maximum absolute atomic E-state index is 13.9. The van der Waals surface area contributed by atoms with Crippen molar-refractivity contribution in [2.75, 3.05) is 11.4 Å². The van der Waals surface area contributed by atoms with E-state index in [1.165, 1.54) is 18.2 Å². The summed E-state index contributed by atoms with van der Waals surface area (Å²) in [6.07, 6.45) is 2.47. The second-order valence-corrected chi connectivity index (χ2v) is 5.26.